The van der Waals surface area contributed by atoms with Crippen molar-refractivity contribution in [2.75, 3.05) is 6.61 Å². The molecule has 0 radical (unpaired) electrons. The van der Waals surface area contributed by atoms with Crippen LogP contribution in [0.1, 0.15) is 6.92 Å². The van der Waals surface area contributed by atoms with Crippen LogP contribution < -0.4 is 5.32 Å². The molecule has 1 aliphatic rings. The van der Waals surface area contributed by atoms with E-state index in [1.165, 1.54) is 0 Å². The molecule has 1 amide bonds. The number of hydrogen-bond donors (Lipinski definition) is 6. The maximum absolute atomic E-state index is 10.9. The number of nitrogens with one attached hydrogen (secondary N) is 1. The van der Waals surface area contributed by atoms with E-state index in [-0.39, 0.29) is 0 Å². The fourth-order valence-corrected chi connectivity index (χ4v) is 2.34. The van der Waals surface area contributed by atoms with Crippen molar-refractivity contribution in [1.82, 2.24) is 5.32 Å². The number of carbonyl (C=O) groups is 1. The highest BCUT2D eigenvalue weighted by Gasteiger charge is 2.47. The Kier molecular flexibility index (Phi) is 5.42. The molecule has 11 heteroatoms. The van der Waals surface area contributed by atoms with Crippen molar-refractivity contribution in [3.8, 4) is 0 Å². The van der Waals surface area contributed by atoms with Crippen molar-refractivity contribution in [2.24, 2.45) is 0 Å². The van der Waals surface area contributed by atoms with Crippen molar-refractivity contribution < 1.29 is 43.7 Å². The quantitative estimate of drug-likeness (QED) is 0.297. The maximum Gasteiger partial charge on any atom is 0.470 e. The summed E-state index contributed by atoms with van der Waals surface area (Å²) in [5.74, 6) is -0.593. The number of aliphatic hydroxyl groups is 3. The van der Waals surface area contributed by atoms with Crippen LogP contribution in [0.15, 0.2) is 0 Å². The van der Waals surface area contributed by atoms with Crippen LogP contribution in [0.5, 0.6) is 0 Å². The Morgan fingerprint density at radius 1 is 1.42 bits per heavy atom. The normalized spacial score (nSPS) is 36.0. The highest BCUT2D eigenvalue weighted by Crippen LogP contribution is 2.41. The zero-order valence-corrected chi connectivity index (χ0v) is 10.8. The van der Waals surface area contributed by atoms with E-state index in [9.17, 15) is 19.6 Å². The Bertz CT molecular complexity index is 371. The SMILES string of the molecule is CC(=O)N[C@H]1C(O)O[C@H](CO)[C@@H](OP(=O)(O)O)[C@@H]1O. The first-order chi connectivity index (χ1) is 8.65. The van der Waals surface area contributed by atoms with E-state index >= 15 is 0 Å². The number of phosphoric ester groups is 1. The summed E-state index contributed by atoms with van der Waals surface area (Å²) in [5, 5.41) is 30.6. The number of amides is 1. The summed E-state index contributed by atoms with van der Waals surface area (Å²) < 4.78 is 20.0. The second-order valence-electron chi connectivity index (χ2n) is 4.03. The molecule has 112 valence electrons. The highest BCUT2D eigenvalue weighted by atomic mass is 31.2. The second kappa shape index (κ2) is 6.25. The summed E-state index contributed by atoms with van der Waals surface area (Å²) in [6.07, 6.45) is -6.26. The van der Waals surface area contributed by atoms with Gasteiger partial charge in [0.05, 0.1) is 6.61 Å². The molecule has 1 fully saturated rings. The third kappa shape index (κ3) is 4.48. The molecule has 0 aromatic heterocycles. The smallest absolute Gasteiger partial charge is 0.394 e. The van der Waals surface area contributed by atoms with Crippen molar-refractivity contribution >= 4 is 13.7 Å². The lowest BCUT2D eigenvalue weighted by molar-refractivity contribution is -0.250. The van der Waals surface area contributed by atoms with Gasteiger partial charge in [-0.05, 0) is 0 Å². The molecule has 10 nitrogen and oxygen atoms in total. The molecule has 1 heterocycles. The van der Waals surface area contributed by atoms with Gasteiger partial charge >= 0.3 is 7.82 Å². The van der Waals surface area contributed by atoms with E-state index in [1.807, 2.05) is 0 Å². The second-order valence-corrected chi connectivity index (χ2v) is 5.22. The molecule has 0 aromatic carbocycles. The Morgan fingerprint density at radius 2 is 2.00 bits per heavy atom. The topological polar surface area (TPSA) is 166 Å². The summed E-state index contributed by atoms with van der Waals surface area (Å²) >= 11 is 0. The summed E-state index contributed by atoms with van der Waals surface area (Å²) in [6, 6.07) is -1.34. The van der Waals surface area contributed by atoms with Gasteiger partial charge in [-0.2, -0.15) is 0 Å². The highest BCUT2D eigenvalue weighted by molar-refractivity contribution is 7.46. The minimum atomic E-state index is -4.95. The Labute approximate surface area is 108 Å². The van der Waals surface area contributed by atoms with Gasteiger partial charge in [0, 0.05) is 6.92 Å². The third-order valence-electron chi connectivity index (χ3n) is 2.50. The molecular weight excluding hydrogens is 285 g/mol. The Morgan fingerprint density at radius 3 is 2.42 bits per heavy atom. The van der Waals surface area contributed by atoms with Gasteiger partial charge in [0.1, 0.15) is 24.4 Å². The van der Waals surface area contributed by atoms with E-state index in [0.29, 0.717) is 0 Å². The van der Waals surface area contributed by atoms with Crippen LogP contribution in [-0.4, -0.2) is 68.3 Å². The molecular formula is C8H16NO9P. The van der Waals surface area contributed by atoms with Crippen LogP contribution in [0.4, 0.5) is 0 Å². The van der Waals surface area contributed by atoms with Crippen molar-refractivity contribution in [3.63, 3.8) is 0 Å². The van der Waals surface area contributed by atoms with E-state index in [1.54, 1.807) is 0 Å². The number of ether oxygens (including phenoxy) is 1. The summed E-state index contributed by atoms with van der Waals surface area (Å²) in [7, 11) is -4.95. The van der Waals surface area contributed by atoms with Crippen LogP contribution in [0.2, 0.25) is 0 Å². The number of hydrogen-bond acceptors (Lipinski definition) is 7. The van der Waals surface area contributed by atoms with Gasteiger partial charge < -0.3 is 35.2 Å². The summed E-state index contributed by atoms with van der Waals surface area (Å²) in [4.78, 5) is 28.4. The van der Waals surface area contributed by atoms with E-state index < -0.39 is 51.0 Å². The number of rotatable bonds is 4. The van der Waals surface area contributed by atoms with Crippen LogP contribution in [-0.2, 0) is 18.6 Å². The van der Waals surface area contributed by atoms with Crippen molar-refractivity contribution in [3.05, 3.63) is 0 Å². The van der Waals surface area contributed by atoms with E-state index in [0.717, 1.165) is 6.92 Å². The zero-order valence-electron chi connectivity index (χ0n) is 9.91. The molecule has 0 aliphatic carbocycles. The number of phosphoric acid groups is 1. The predicted molar refractivity (Wildman–Crippen MR) is 58.5 cm³/mol. The molecule has 19 heavy (non-hydrogen) atoms. The molecule has 6 N–H and O–H groups in total. The average molecular weight is 301 g/mol. The first-order valence-electron chi connectivity index (χ1n) is 5.29. The largest absolute Gasteiger partial charge is 0.470 e. The minimum absolute atomic E-state index is 0.593. The lowest BCUT2D eigenvalue weighted by Crippen LogP contribution is -2.64. The van der Waals surface area contributed by atoms with Crippen LogP contribution >= 0.6 is 7.82 Å². The van der Waals surface area contributed by atoms with E-state index in [4.69, 9.17) is 19.6 Å². The van der Waals surface area contributed by atoms with Gasteiger partial charge in [0.2, 0.25) is 5.91 Å². The van der Waals surface area contributed by atoms with E-state index in [2.05, 4.69) is 9.84 Å². The van der Waals surface area contributed by atoms with Crippen LogP contribution in [0.25, 0.3) is 0 Å². The van der Waals surface area contributed by atoms with Crippen LogP contribution in [0.3, 0.4) is 0 Å². The molecule has 1 rings (SSSR count). The molecule has 1 unspecified atom stereocenters. The standard InChI is InChI=1S/C8H16NO9P/c1-3(11)9-5-6(12)7(18-19(14,15)16)4(2-10)17-8(5)13/h4-8,10,12-13H,2H2,1H3,(H,9,11)(H2,14,15,16)/t4-,5-,6-,7-,8?/m1/s1. The molecule has 1 aliphatic heterocycles. The fourth-order valence-electron chi connectivity index (χ4n) is 1.76. The molecule has 0 spiro atoms. The lowest BCUT2D eigenvalue weighted by Gasteiger charge is -2.41. The maximum atomic E-state index is 10.9. The number of aliphatic hydroxyl groups excluding tert-OH is 3. The predicted octanol–water partition coefficient (Wildman–Crippen LogP) is -2.96. The molecule has 0 saturated carbocycles. The lowest BCUT2D eigenvalue weighted by atomic mass is 9.97. The first-order valence-corrected chi connectivity index (χ1v) is 6.82. The monoisotopic (exact) mass is 301 g/mol. The van der Waals surface area contributed by atoms with Gasteiger partial charge in [-0.1, -0.05) is 0 Å². The Hall–Kier alpha value is -0.580. The summed E-state index contributed by atoms with van der Waals surface area (Å²) in [6.45, 7) is 0.377. The van der Waals surface area contributed by atoms with Gasteiger partial charge in [-0.3, -0.25) is 9.32 Å². The average Bonchev–Trinajstić information content (AvgIpc) is 2.26. The zero-order chi connectivity index (χ0) is 14.8. The Balaban J connectivity index is 2.91. The molecule has 5 atom stereocenters. The fraction of sp³-hybridized carbons (Fsp3) is 0.875. The van der Waals surface area contributed by atoms with Crippen molar-refractivity contribution in [1.29, 1.82) is 0 Å². The van der Waals surface area contributed by atoms with Gasteiger partial charge in [-0.15, -0.1) is 0 Å². The first kappa shape index (κ1) is 16.5. The van der Waals surface area contributed by atoms with Gasteiger partial charge in [0.25, 0.3) is 0 Å². The summed E-state index contributed by atoms with van der Waals surface area (Å²) in [5.41, 5.74) is 0. The number of carbonyl (C=O) groups excluding carboxylic acids is 1. The van der Waals surface area contributed by atoms with Crippen molar-refractivity contribution in [2.45, 2.75) is 37.6 Å². The van der Waals surface area contributed by atoms with Gasteiger partial charge in [0.15, 0.2) is 6.29 Å². The minimum Gasteiger partial charge on any atom is -0.394 e. The third-order valence-corrected chi connectivity index (χ3v) is 3.02. The molecule has 0 bridgehead atoms. The molecule has 1 saturated heterocycles. The molecule has 0 aromatic rings. The van der Waals surface area contributed by atoms with Crippen LogP contribution in [0, 0.1) is 0 Å². The van der Waals surface area contributed by atoms with Gasteiger partial charge in [-0.25, -0.2) is 4.57 Å².